The van der Waals surface area contributed by atoms with Crippen LogP contribution in [-0.2, 0) is 6.67 Å². The monoisotopic (exact) mass is 193 g/mol. The summed E-state index contributed by atoms with van der Waals surface area (Å²) >= 11 is 0. The first-order chi connectivity index (χ1) is 6.72. The summed E-state index contributed by atoms with van der Waals surface area (Å²) in [6.45, 7) is -0.559. The van der Waals surface area contributed by atoms with Gasteiger partial charge in [0, 0.05) is 16.5 Å². The van der Waals surface area contributed by atoms with Gasteiger partial charge in [0.05, 0.1) is 0 Å². The number of halogens is 1. The third-order valence-electron chi connectivity index (χ3n) is 2.20. The predicted octanol–water partition coefficient (Wildman–Crippen LogP) is 0.317. The largest absolute Gasteiger partial charge is 0.505 e. The third kappa shape index (κ3) is 1.40. The smallest absolute Gasteiger partial charge is 0.422 e. The summed E-state index contributed by atoms with van der Waals surface area (Å²) in [6.07, 6.45) is 0. The molecule has 0 bridgehead atoms. The van der Waals surface area contributed by atoms with Crippen molar-refractivity contribution >= 4 is 23.6 Å². The van der Waals surface area contributed by atoms with Crippen LogP contribution in [-0.4, -0.2) is 22.2 Å². The molecule has 0 amide bonds. The van der Waals surface area contributed by atoms with E-state index in [9.17, 15) is 4.39 Å². The van der Waals surface area contributed by atoms with Crippen LogP contribution in [0.2, 0.25) is 0 Å². The molecule has 0 saturated carbocycles. The van der Waals surface area contributed by atoms with Gasteiger partial charge in [0.25, 0.3) is 0 Å². The Balaban J connectivity index is 2.64. The van der Waals surface area contributed by atoms with Crippen LogP contribution in [0.3, 0.4) is 0 Å². The summed E-state index contributed by atoms with van der Waals surface area (Å²) in [7, 11) is -1.55. The van der Waals surface area contributed by atoms with Crippen LogP contribution < -0.4 is 5.59 Å². The molecule has 0 atom stereocenters. The van der Waals surface area contributed by atoms with Gasteiger partial charge < -0.3 is 15.0 Å². The van der Waals surface area contributed by atoms with E-state index in [1.165, 1.54) is 0 Å². The zero-order valence-corrected chi connectivity index (χ0v) is 7.37. The van der Waals surface area contributed by atoms with Crippen molar-refractivity contribution in [3.05, 3.63) is 29.8 Å². The highest BCUT2D eigenvalue weighted by molar-refractivity contribution is 6.58. The topological polar surface area (TPSA) is 56.2 Å². The number of aromatic nitrogens is 1. The SMILES string of the molecule is OB(O)c1cc2c(CF)cccc2[nH]1. The Morgan fingerprint density at radius 3 is 2.79 bits per heavy atom. The second-order valence-corrected chi connectivity index (χ2v) is 3.11. The van der Waals surface area contributed by atoms with Crippen molar-refractivity contribution in [3.63, 3.8) is 0 Å². The first-order valence-corrected chi connectivity index (χ1v) is 4.25. The van der Waals surface area contributed by atoms with Gasteiger partial charge in [-0.2, -0.15) is 0 Å². The molecule has 0 unspecified atom stereocenters. The molecule has 1 heterocycles. The molecule has 0 fully saturated rings. The molecule has 0 aliphatic rings. The van der Waals surface area contributed by atoms with Gasteiger partial charge in [0.15, 0.2) is 0 Å². The summed E-state index contributed by atoms with van der Waals surface area (Å²) in [4.78, 5) is 2.80. The van der Waals surface area contributed by atoms with E-state index in [-0.39, 0.29) is 5.59 Å². The minimum Gasteiger partial charge on any atom is -0.422 e. The van der Waals surface area contributed by atoms with Crippen molar-refractivity contribution in [2.24, 2.45) is 0 Å². The normalized spacial score (nSPS) is 10.8. The van der Waals surface area contributed by atoms with Gasteiger partial charge in [-0.1, -0.05) is 12.1 Å². The van der Waals surface area contributed by atoms with Crippen molar-refractivity contribution in [2.75, 3.05) is 0 Å². The summed E-state index contributed by atoms with van der Waals surface area (Å²) in [5.74, 6) is 0. The number of rotatable bonds is 2. The minimum atomic E-state index is -1.55. The number of benzene rings is 1. The van der Waals surface area contributed by atoms with Gasteiger partial charge in [-0.15, -0.1) is 0 Å². The molecule has 2 aromatic rings. The lowest BCUT2D eigenvalue weighted by Gasteiger charge is -1.94. The predicted molar refractivity (Wildman–Crippen MR) is 52.9 cm³/mol. The van der Waals surface area contributed by atoms with E-state index in [4.69, 9.17) is 10.0 Å². The van der Waals surface area contributed by atoms with Gasteiger partial charge in [0.2, 0.25) is 0 Å². The molecule has 1 aromatic heterocycles. The number of nitrogens with one attached hydrogen (secondary N) is 1. The standard InChI is InChI=1S/C9H9BFNO2/c11-5-6-2-1-3-8-7(6)4-9(12-8)10(13)14/h1-4,12-14H,5H2. The Morgan fingerprint density at radius 1 is 1.36 bits per heavy atom. The summed E-state index contributed by atoms with van der Waals surface area (Å²) in [5.41, 5.74) is 1.54. The van der Waals surface area contributed by atoms with Crippen molar-refractivity contribution < 1.29 is 14.4 Å². The molecule has 3 nitrogen and oxygen atoms in total. The molecular formula is C9H9BFNO2. The fraction of sp³-hybridized carbons (Fsp3) is 0.111. The molecule has 0 radical (unpaired) electrons. The molecular weight excluding hydrogens is 184 g/mol. The molecule has 0 aliphatic carbocycles. The summed E-state index contributed by atoms with van der Waals surface area (Å²) in [6, 6.07) is 6.71. The number of alkyl halides is 1. The van der Waals surface area contributed by atoms with E-state index in [1.54, 1.807) is 24.3 Å². The molecule has 72 valence electrons. The highest BCUT2D eigenvalue weighted by Gasteiger charge is 2.14. The zero-order valence-electron chi connectivity index (χ0n) is 7.37. The Morgan fingerprint density at radius 2 is 2.14 bits per heavy atom. The first kappa shape index (κ1) is 9.24. The van der Waals surface area contributed by atoms with Crippen LogP contribution >= 0.6 is 0 Å². The van der Waals surface area contributed by atoms with Crippen molar-refractivity contribution in [2.45, 2.75) is 6.67 Å². The maximum Gasteiger partial charge on any atom is 0.505 e. The van der Waals surface area contributed by atoms with Gasteiger partial charge in [0.1, 0.15) is 6.67 Å². The van der Waals surface area contributed by atoms with Crippen LogP contribution in [0.5, 0.6) is 0 Å². The minimum absolute atomic E-state index is 0.279. The van der Waals surface area contributed by atoms with Gasteiger partial charge >= 0.3 is 7.12 Å². The van der Waals surface area contributed by atoms with Crippen molar-refractivity contribution in [1.82, 2.24) is 4.98 Å². The Labute approximate surface area is 80.3 Å². The van der Waals surface area contributed by atoms with E-state index in [0.717, 1.165) is 0 Å². The summed E-state index contributed by atoms with van der Waals surface area (Å²) < 4.78 is 12.5. The number of hydrogen-bond acceptors (Lipinski definition) is 2. The van der Waals surface area contributed by atoms with E-state index < -0.39 is 13.8 Å². The van der Waals surface area contributed by atoms with Crippen LogP contribution in [0.4, 0.5) is 4.39 Å². The quantitative estimate of drug-likeness (QED) is 0.601. The lowest BCUT2D eigenvalue weighted by atomic mass is 9.86. The highest BCUT2D eigenvalue weighted by Crippen LogP contribution is 2.17. The molecule has 5 heteroatoms. The second-order valence-electron chi connectivity index (χ2n) is 3.11. The lowest BCUT2D eigenvalue weighted by molar-refractivity contribution is 0.424. The zero-order chi connectivity index (χ0) is 10.1. The molecule has 1 aromatic carbocycles. The van der Waals surface area contributed by atoms with E-state index >= 15 is 0 Å². The number of hydrogen-bond donors (Lipinski definition) is 3. The first-order valence-electron chi connectivity index (χ1n) is 4.25. The third-order valence-corrected chi connectivity index (χ3v) is 2.20. The number of aromatic amines is 1. The lowest BCUT2D eigenvalue weighted by Crippen LogP contribution is -2.30. The molecule has 14 heavy (non-hydrogen) atoms. The maximum absolute atomic E-state index is 12.5. The summed E-state index contributed by atoms with van der Waals surface area (Å²) in [5, 5.41) is 18.5. The van der Waals surface area contributed by atoms with Gasteiger partial charge in [-0.25, -0.2) is 4.39 Å². The average Bonchev–Trinajstić information content (AvgIpc) is 2.60. The molecule has 0 saturated heterocycles. The fourth-order valence-corrected chi connectivity index (χ4v) is 1.50. The highest BCUT2D eigenvalue weighted by atomic mass is 19.1. The van der Waals surface area contributed by atoms with Crippen LogP contribution in [0.1, 0.15) is 5.56 Å². The molecule has 3 N–H and O–H groups in total. The number of fused-ring (bicyclic) bond motifs is 1. The Bertz CT molecular complexity index is 455. The molecule has 2 rings (SSSR count). The van der Waals surface area contributed by atoms with E-state index in [0.29, 0.717) is 16.5 Å². The van der Waals surface area contributed by atoms with Crippen molar-refractivity contribution in [1.29, 1.82) is 0 Å². The second kappa shape index (κ2) is 3.44. The molecule has 0 spiro atoms. The van der Waals surface area contributed by atoms with Crippen LogP contribution in [0.15, 0.2) is 24.3 Å². The fourth-order valence-electron chi connectivity index (χ4n) is 1.50. The van der Waals surface area contributed by atoms with Gasteiger partial charge in [-0.05, 0) is 17.7 Å². The van der Waals surface area contributed by atoms with Crippen LogP contribution in [0, 0.1) is 0 Å². The Hall–Kier alpha value is -1.33. The van der Waals surface area contributed by atoms with Gasteiger partial charge in [-0.3, -0.25) is 0 Å². The van der Waals surface area contributed by atoms with E-state index in [2.05, 4.69) is 4.98 Å². The molecule has 0 aliphatic heterocycles. The maximum atomic E-state index is 12.5. The van der Waals surface area contributed by atoms with E-state index in [1.807, 2.05) is 0 Å². The van der Waals surface area contributed by atoms with Crippen molar-refractivity contribution in [3.8, 4) is 0 Å². The average molecular weight is 193 g/mol. The number of H-pyrrole nitrogens is 1. The van der Waals surface area contributed by atoms with Crippen LogP contribution in [0.25, 0.3) is 10.9 Å². The Kier molecular flexibility index (Phi) is 2.27.